The number of benzene rings is 2. The van der Waals surface area contributed by atoms with Crippen molar-refractivity contribution in [2.75, 3.05) is 14.2 Å². The van der Waals surface area contributed by atoms with Gasteiger partial charge in [-0.15, -0.1) is 0 Å². The molecule has 0 saturated carbocycles. The van der Waals surface area contributed by atoms with E-state index in [4.69, 9.17) is 9.47 Å². The molecule has 0 amide bonds. The topological polar surface area (TPSA) is 83.6 Å². The number of aromatic nitrogens is 1. The molecule has 0 radical (unpaired) electrons. The Morgan fingerprint density at radius 3 is 2.65 bits per heavy atom. The monoisotopic (exact) mass is 352 g/mol. The molecule has 6 heteroatoms. The van der Waals surface area contributed by atoms with E-state index >= 15 is 0 Å². The zero-order chi connectivity index (χ0) is 18.3. The lowest BCUT2D eigenvalue weighted by molar-refractivity contribution is -0.139. The molecule has 0 unspecified atom stereocenters. The highest BCUT2D eigenvalue weighted by Gasteiger charge is 2.35. The maximum absolute atomic E-state index is 11.7. The van der Waals surface area contributed by atoms with Gasteiger partial charge in [0.25, 0.3) is 0 Å². The summed E-state index contributed by atoms with van der Waals surface area (Å²) in [6.45, 7) is 0. The molecule has 0 spiro atoms. The number of aromatic amines is 1. The van der Waals surface area contributed by atoms with E-state index in [1.807, 2.05) is 42.5 Å². The standard InChI is InChI=1S/C20H20N2O4/c1-25-16-9-5-7-12(19(16)26-2)17-18-13(10-15(22-17)20(23)24)11-6-3-4-8-14(11)21-18/h3-9,15,17,21-22H,10H2,1-2H3,(H,23,24)/t15-,17-/m0/s1. The van der Waals surface area contributed by atoms with Gasteiger partial charge in [0, 0.05) is 28.6 Å². The number of hydrogen-bond acceptors (Lipinski definition) is 4. The number of nitrogens with one attached hydrogen (secondary N) is 2. The van der Waals surface area contributed by atoms with Crippen LogP contribution < -0.4 is 14.8 Å². The Bertz CT molecular complexity index is 979. The highest BCUT2D eigenvalue weighted by atomic mass is 16.5. The predicted octanol–water partition coefficient (Wildman–Crippen LogP) is 2.87. The van der Waals surface area contributed by atoms with Crippen molar-refractivity contribution >= 4 is 16.9 Å². The van der Waals surface area contributed by atoms with Gasteiger partial charge in [-0.2, -0.15) is 0 Å². The second kappa shape index (κ2) is 6.38. The van der Waals surface area contributed by atoms with Crippen molar-refractivity contribution in [1.82, 2.24) is 10.3 Å². The fourth-order valence-corrected chi connectivity index (χ4v) is 3.78. The summed E-state index contributed by atoms with van der Waals surface area (Å²) in [6, 6.07) is 12.6. The molecule has 0 aliphatic carbocycles. The lowest BCUT2D eigenvalue weighted by Gasteiger charge is -2.30. The summed E-state index contributed by atoms with van der Waals surface area (Å²) < 4.78 is 11.0. The molecule has 1 aliphatic rings. The maximum Gasteiger partial charge on any atom is 0.321 e. The predicted molar refractivity (Wildman–Crippen MR) is 98.0 cm³/mol. The number of H-pyrrole nitrogens is 1. The van der Waals surface area contributed by atoms with E-state index in [0.717, 1.165) is 27.7 Å². The van der Waals surface area contributed by atoms with Crippen LogP contribution in [-0.4, -0.2) is 36.3 Å². The number of methoxy groups -OCH3 is 2. The number of rotatable bonds is 4. The molecule has 4 rings (SSSR count). The lowest BCUT2D eigenvalue weighted by atomic mass is 9.90. The van der Waals surface area contributed by atoms with E-state index in [1.165, 1.54) is 0 Å². The van der Waals surface area contributed by atoms with Gasteiger partial charge >= 0.3 is 5.97 Å². The molecule has 2 aromatic carbocycles. The van der Waals surface area contributed by atoms with Crippen molar-refractivity contribution in [1.29, 1.82) is 0 Å². The first-order valence-electron chi connectivity index (χ1n) is 8.43. The van der Waals surface area contributed by atoms with E-state index in [9.17, 15) is 9.90 Å². The Labute approximate surface area is 150 Å². The van der Waals surface area contributed by atoms with E-state index < -0.39 is 12.0 Å². The lowest BCUT2D eigenvalue weighted by Crippen LogP contribution is -2.45. The summed E-state index contributed by atoms with van der Waals surface area (Å²) in [6.07, 6.45) is 0.428. The minimum absolute atomic E-state index is 0.336. The first-order valence-corrected chi connectivity index (χ1v) is 8.43. The smallest absolute Gasteiger partial charge is 0.321 e. The summed E-state index contributed by atoms with van der Waals surface area (Å²) in [4.78, 5) is 15.2. The van der Waals surface area contributed by atoms with Crippen LogP contribution in [0.2, 0.25) is 0 Å². The average Bonchev–Trinajstić information content (AvgIpc) is 3.05. The van der Waals surface area contributed by atoms with Crippen molar-refractivity contribution in [3.63, 3.8) is 0 Å². The molecule has 0 fully saturated rings. The summed E-state index contributed by atoms with van der Waals surface area (Å²) in [5, 5.41) is 13.9. The van der Waals surface area contributed by atoms with Crippen LogP contribution in [0.3, 0.4) is 0 Å². The van der Waals surface area contributed by atoms with E-state index in [1.54, 1.807) is 14.2 Å². The molecule has 0 bridgehead atoms. The zero-order valence-electron chi connectivity index (χ0n) is 14.6. The summed E-state index contributed by atoms with van der Waals surface area (Å²) in [7, 11) is 3.18. The third-order valence-electron chi connectivity index (χ3n) is 4.95. The van der Waals surface area contributed by atoms with Crippen LogP contribution in [0.25, 0.3) is 10.9 Å². The van der Waals surface area contributed by atoms with E-state index in [-0.39, 0.29) is 6.04 Å². The van der Waals surface area contributed by atoms with Gasteiger partial charge in [0.2, 0.25) is 0 Å². The molecule has 2 heterocycles. The highest BCUT2D eigenvalue weighted by molar-refractivity contribution is 5.87. The van der Waals surface area contributed by atoms with Gasteiger partial charge in [-0.05, 0) is 17.7 Å². The number of ether oxygens (including phenoxy) is 2. The second-order valence-corrected chi connectivity index (χ2v) is 6.34. The largest absolute Gasteiger partial charge is 0.493 e. The van der Waals surface area contributed by atoms with Crippen molar-refractivity contribution in [3.05, 3.63) is 59.3 Å². The van der Waals surface area contributed by atoms with Gasteiger partial charge in [-0.1, -0.05) is 30.3 Å². The van der Waals surface area contributed by atoms with Gasteiger partial charge in [0.15, 0.2) is 11.5 Å². The van der Waals surface area contributed by atoms with Crippen LogP contribution in [0, 0.1) is 0 Å². The summed E-state index contributed by atoms with van der Waals surface area (Å²) in [5.74, 6) is 0.345. The number of aliphatic carboxylic acids is 1. The SMILES string of the molecule is COc1cccc([C@@H]2N[C@H](C(=O)O)Cc3c2[nH]c2ccccc32)c1OC. The normalized spacial score (nSPS) is 19.2. The number of para-hydroxylation sites is 2. The number of hydrogen-bond donors (Lipinski definition) is 3. The van der Waals surface area contributed by atoms with Gasteiger partial charge in [0.1, 0.15) is 6.04 Å². The molecule has 3 N–H and O–H groups in total. The maximum atomic E-state index is 11.7. The van der Waals surface area contributed by atoms with Crippen LogP contribution in [0.5, 0.6) is 11.5 Å². The Hall–Kier alpha value is -2.99. The second-order valence-electron chi connectivity index (χ2n) is 6.34. The highest BCUT2D eigenvalue weighted by Crippen LogP contribution is 2.41. The third-order valence-corrected chi connectivity index (χ3v) is 4.95. The van der Waals surface area contributed by atoms with Crippen molar-refractivity contribution in [2.45, 2.75) is 18.5 Å². The zero-order valence-corrected chi connectivity index (χ0v) is 14.6. The number of carboxylic acids is 1. The molecular weight excluding hydrogens is 332 g/mol. The van der Waals surface area contributed by atoms with Crippen molar-refractivity contribution in [2.24, 2.45) is 0 Å². The third kappa shape index (κ3) is 2.50. The molecule has 134 valence electrons. The first kappa shape index (κ1) is 16.5. The quantitative estimate of drug-likeness (QED) is 0.672. The molecule has 3 aromatic rings. The van der Waals surface area contributed by atoms with E-state index in [2.05, 4.69) is 10.3 Å². The van der Waals surface area contributed by atoms with Crippen LogP contribution in [0.4, 0.5) is 0 Å². The molecular formula is C20H20N2O4. The number of fused-ring (bicyclic) bond motifs is 3. The Morgan fingerprint density at radius 1 is 1.12 bits per heavy atom. The molecule has 2 atom stereocenters. The first-order chi connectivity index (χ1) is 12.6. The Morgan fingerprint density at radius 2 is 1.92 bits per heavy atom. The molecule has 1 aromatic heterocycles. The van der Waals surface area contributed by atoms with Crippen LogP contribution in [0.15, 0.2) is 42.5 Å². The molecule has 26 heavy (non-hydrogen) atoms. The van der Waals surface area contributed by atoms with Crippen molar-refractivity contribution in [3.8, 4) is 11.5 Å². The minimum atomic E-state index is -0.868. The minimum Gasteiger partial charge on any atom is -0.493 e. The molecule has 6 nitrogen and oxygen atoms in total. The van der Waals surface area contributed by atoms with Gasteiger partial charge in [-0.25, -0.2) is 0 Å². The Kier molecular flexibility index (Phi) is 4.05. The fourth-order valence-electron chi connectivity index (χ4n) is 3.78. The Balaban J connectivity index is 1.93. The van der Waals surface area contributed by atoms with Crippen LogP contribution in [-0.2, 0) is 11.2 Å². The summed E-state index contributed by atoms with van der Waals surface area (Å²) in [5.41, 5.74) is 3.83. The van der Waals surface area contributed by atoms with Crippen molar-refractivity contribution < 1.29 is 19.4 Å². The fraction of sp³-hybridized carbons (Fsp3) is 0.250. The van der Waals surface area contributed by atoms with Gasteiger partial charge in [0.05, 0.1) is 20.3 Å². The average molecular weight is 352 g/mol. The van der Waals surface area contributed by atoms with E-state index in [0.29, 0.717) is 17.9 Å². The molecule has 1 aliphatic heterocycles. The van der Waals surface area contributed by atoms with Crippen LogP contribution >= 0.6 is 0 Å². The van der Waals surface area contributed by atoms with Gasteiger partial charge in [-0.3, -0.25) is 10.1 Å². The number of carboxylic acid groups (broad SMARTS) is 1. The summed E-state index contributed by atoms with van der Waals surface area (Å²) >= 11 is 0. The number of carbonyl (C=O) groups is 1. The van der Waals surface area contributed by atoms with Crippen LogP contribution in [0.1, 0.15) is 22.9 Å². The molecule has 0 saturated heterocycles. The van der Waals surface area contributed by atoms with Gasteiger partial charge < -0.3 is 19.6 Å².